The van der Waals surface area contributed by atoms with Gasteiger partial charge in [0.2, 0.25) is 6.04 Å². The topological polar surface area (TPSA) is 108 Å². The lowest BCUT2D eigenvalue weighted by atomic mass is 9.98. The zero-order valence-electron chi connectivity index (χ0n) is 11.4. The van der Waals surface area contributed by atoms with Gasteiger partial charge in [-0.25, -0.2) is 0 Å². The van der Waals surface area contributed by atoms with E-state index in [0.717, 1.165) is 0 Å². The van der Waals surface area contributed by atoms with Gasteiger partial charge in [0.1, 0.15) is 0 Å². The van der Waals surface area contributed by atoms with Crippen LogP contribution in [0.15, 0.2) is 24.3 Å². The number of para-hydroxylation sites is 2. The standard InChI is InChI=1S/C14H16N4O3/c15-9-5-1-2-8-12(18(20)21)13-14(19)17-11-7-4-3-6-10(11)16-13/h3-4,6-7,12-13,16H,1-2,5,8H2,(H,17,19). The largest absolute Gasteiger partial charge is 0.366 e. The predicted octanol–water partition coefficient (Wildman–Crippen LogP) is 2.15. The van der Waals surface area contributed by atoms with Gasteiger partial charge in [0, 0.05) is 17.8 Å². The summed E-state index contributed by atoms with van der Waals surface area (Å²) in [6, 6.07) is 7.21. The average Bonchev–Trinajstić information content (AvgIpc) is 2.47. The molecule has 0 fully saturated rings. The molecule has 1 aromatic carbocycles. The number of unbranched alkanes of at least 4 members (excludes halogenated alkanes) is 2. The maximum atomic E-state index is 12.1. The molecule has 110 valence electrons. The molecule has 1 heterocycles. The van der Waals surface area contributed by atoms with Crippen LogP contribution in [0.2, 0.25) is 0 Å². The molecule has 0 saturated carbocycles. The van der Waals surface area contributed by atoms with Crippen LogP contribution in [0.4, 0.5) is 11.4 Å². The van der Waals surface area contributed by atoms with E-state index in [9.17, 15) is 14.9 Å². The second-order valence-corrected chi connectivity index (χ2v) is 4.91. The molecule has 7 nitrogen and oxygen atoms in total. The van der Waals surface area contributed by atoms with Gasteiger partial charge in [0.05, 0.1) is 17.4 Å². The highest BCUT2D eigenvalue weighted by molar-refractivity contribution is 6.03. The van der Waals surface area contributed by atoms with Crippen LogP contribution in [0.1, 0.15) is 25.7 Å². The predicted molar refractivity (Wildman–Crippen MR) is 77.3 cm³/mol. The lowest BCUT2D eigenvalue weighted by Gasteiger charge is -2.28. The highest BCUT2D eigenvalue weighted by Gasteiger charge is 2.39. The second kappa shape index (κ2) is 6.70. The summed E-state index contributed by atoms with van der Waals surface area (Å²) in [5.41, 5.74) is 1.32. The van der Waals surface area contributed by atoms with E-state index in [2.05, 4.69) is 10.6 Å². The number of carbonyl (C=O) groups is 1. The van der Waals surface area contributed by atoms with E-state index in [4.69, 9.17) is 5.26 Å². The number of nitriles is 1. The Morgan fingerprint density at radius 2 is 2.05 bits per heavy atom. The summed E-state index contributed by atoms with van der Waals surface area (Å²) in [6.45, 7) is 0. The van der Waals surface area contributed by atoms with Crippen LogP contribution in [-0.4, -0.2) is 22.9 Å². The number of hydrogen-bond donors (Lipinski definition) is 2. The van der Waals surface area contributed by atoms with Crippen LogP contribution in [0.3, 0.4) is 0 Å². The van der Waals surface area contributed by atoms with E-state index in [1.54, 1.807) is 24.3 Å². The van der Waals surface area contributed by atoms with Crippen LogP contribution >= 0.6 is 0 Å². The molecule has 2 rings (SSSR count). The maximum Gasteiger partial charge on any atom is 0.254 e. The Kier molecular flexibility index (Phi) is 4.72. The third kappa shape index (κ3) is 3.48. The summed E-state index contributed by atoms with van der Waals surface area (Å²) in [4.78, 5) is 22.9. The van der Waals surface area contributed by atoms with Crippen molar-refractivity contribution in [1.82, 2.24) is 0 Å². The molecular weight excluding hydrogens is 272 g/mol. The smallest absolute Gasteiger partial charge is 0.254 e. The molecule has 2 N–H and O–H groups in total. The fourth-order valence-corrected chi connectivity index (χ4v) is 2.38. The minimum Gasteiger partial charge on any atom is -0.366 e. The number of carbonyl (C=O) groups excluding carboxylic acids is 1. The van der Waals surface area contributed by atoms with Crippen molar-refractivity contribution in [3.05, 3.63) is 34.4 Å². The van der Waals surface area contributed by atoms with E-state index < -0.39 is 22.9 Å². The van der Waals surface area contributed by atoms with Gasteiger partial charge in [-0.3, -0.25) is 14.9 Å². The van der Waals surface area contributed by atoms with Crippen LogP contribution < -0.4 is 10.6 Å². The monoisotopic (exact) mass is 288 g/mol. The first-order valence-electron chi connectivity index (χ1n) is 6.80. The Balaban J connectivity index is 2.08. The highest BCUT2D eigenvalue weighted by Crippen LogP contribution is 2.28. The van der Waals surface area contributed by atoms with Gasteiger partial charge in [0.25, 0.3) is 5.91 Å². The van der Waals surface area contributed by atoms with E-state index in [1.807, 2.05) is 6.07 Å². The summed E-state index contributed by atoms with van der Waals surface area (Å²) in [5.74, 6) is -0.393. The third-order valence-corrected chi connectivity index (χ3v) is 3.47. The number of nitrogens with zero attached hydrogens (tertiary/aromatic N) is 2. The van der Waals surface area contributed by atoms with Crippen LogP contribution in [0.25, 0.3) is 0 Å². The van der Waals surface area contributed by atoms with E-state index in [1.165, 1.54) is 0 Å². The Labute approximate surface area is 122 Å². The minimum absolute atomic E-state index is 0.266. The molecule has 1 aliphatic heterocycles. The van der Waals surface area contributed by atoms with Crippen LogP contribution in [0, 0.1) is 21.4 Å². The van der Waals surface area contributed by atoms with Crippen molar-refractivity contribution < 1.29 is 9.72 Å². The van der Waals surface area contributed by atoms with Gasteiger partial charge < -0.3 is 10.6 Å². The van der Waals surface area contributed by atoms with Crippen molar-refractivity contribution >= 4 is 17.3 Å². The van der Waals surface area contributed by atoms with E-state index in [0.29, 0.717) is 30.6 Å². The molecule has 0 saturated heterocycles. The summed E-state index contributed by atoms with van der Waals surface area (Å²) >= 11 is 0. The molecule has 2 unspecified atom stereocenters. The van der Waals surface area contributed by atoms with Crippen molar-refractivity contribution in [1.29, 1.82) is 5.26 Å². The van der Waals surface area contributed by atoms with Gasteiger partial charge in [-0.15, -0.1) is 0 Å². The van der Waals surface area contributed by atoms with Gasteiger partial charge >= 0.3 is 0 Å². The fraction of sp³-hybridized carbons (Fsp3) is 0.429. The van der Waals surface area contributed by atoms with Crippen molar-refractivity contribution in [3.63, 3.8) is 0 Å². The highest BCUT2D eigenvalue weighted by atomic mass is 16.6. The second-order valence-electron chi connectivity index (χ2n) is 4.91. The van der Waals surface area contributed by atoms with Crippen molar-refractivity contribution in [2.75, 3.05) is 10.6 Å². The zero-order valence-corrected chi connectivity index (χ0v) is 11.4. The van der Waals surface area contributed by atoms with E-state index >= 15 is 0 Å². The molecular formula is C14H16N4O3. The molecule has 0 bridgehead atoms. The summed E-state index contributed by atoms with van der Waals surface area (Å²) < 4.78 is 0. The van der Waals surface area contributed by atoms with Crippen molar-refractivity contribution in [2.24, 2.45) is 0 Å². The van der Waals surface area contributed by atoms with Crippen LogP contribution in [-0.2, 0) is 4.79 Å². The van der Waals surface area contributed by atoms with Crippen molar-refractivity contribution in [3.8, 4) is 6.07 Å². The molecule has 0 aromatic heterocycles. The van der Waals surface area contributed by atoms with Gasteiger partial charge in [-0.1, -0.05) is 12.1 Å². The first-order chi connectivity index (χ1) is 10.1. The summed E-state index contributed by atoms with van der Waals surface area (Å²) in [7, 11) is 0. The Morgan fingerprint density at radius 3 is 2.71 bits per heavy atom. The number of amides is 1. The van der Waals surface area contributed by atoms with Gasteiger partial charge in [-0.05, 0) is 25.0 Å². The number of anilines is 2. The molecule has 21 heavy (non-hydrogen) atoms. The Bertz CT molecular complexity index is 582. The Morgan fingerprint density at radius 1 is 1.33 bits per heavy atom. The number of rotatable bonds is 6. The Hall–Kier alpha value is -2.62. The molecule has 2 atom stereocenters. The number of hydrogen-bond acceptors (Lipinski definition) is 5. The van der Waals surface area contributed by atoms with Crippen LogP contribution in [0.5, 0.6) is 0 Å². The van der Waals surface area contributed by atoms with Crippen molar-refractivity contribution in [2.45, 2.75) is 37.8 Å². The first kappa shape index (κ1) is 14.8. The lowest BCUT2D eigenvalue weighted by Crippen LogP contribution is -2.50. The van der Waals surface area contributed by atoms with Gasteiger partial charge in [0.15, 0.2) is 6.04 Å². The molecule has 0 aliphatic carbocycles. The zero-order chi connectivity index (χ0) is 15.2. The minimum atomic E-state index is -1.00. The molecule has 7 heteroatoms. The normalized spacial score (nSPS) is 17.9. The molecule has 1 aliphatic rings. The number of benzene rings is 1. The summed E-state index contributed by atoms with van der Waals surface area (Å²) in [5, 5.41) is 25.4. The molecule has 1 aromatic rings. The third-order valence-electron chi connectivity index (χ3n) is 3.47. The SMILES string of the molecule is N#CCCCCC(C1Nc2ccccc2NC1=O)[N+](=O)[O-]. The molecule has 0 radical (unpaired) electrons. The first-order valence-corrected chi connectivity index (χ1v) is 6.80. The van der Waals surface area contributed by atoms with Gasteiger partial charge in [-0.2, -0.15) is 5.26 Å². The molecule has 1 amide bonds. The number of nitrogens with one attached hydrogen (secondary N) is 2. The maximum absolute atomic E-state index is 12.1. The summed E-state index contributed by atoms with van der Waals surface area (Å²) in [6.07, 6.45) is 1.79. The lowest BCUT2D eigenvalue weighted by molar-refractivity contribution is -0.523. The molecule has 0 spiro atoms. The number of nitro groups is 1. The number of fused-ring (bicyclic) bond motifs is 1. The van der Waals surface area contributed by atoms with E-state index in [-0.39, 0.29) is 6.42 Å². The quantitative estimate of drug-likeness (QED) is 0.473. The average molecular weight is 288 g/mol. The fourth-order valence-electron chi connectivity index (χ4n) is 2.38.